The molecule has 2 heterocycles. The molecule has 0 aliphatic carbocycles. The zero-order chi connectivity index (χ0) is 19.2. The summed E-state index contributed by atoms with van der Waals surface area (Å²) in [6.07, 6.45) is 5.94. The number of ether oxygens (including phenoxy) is 2. The molecular formula is C15H16Cl3N3O5. The Kier molecular flexibility index (Phi) is 7.48. The Hall–Kier alpha value is -1.58. The summed E-state index contributed by atoms with van der Waals surface area (Å²) in [4.78, 5) is 12.4. The van der Waals surface area contributed by atoms with Crippen LogP contribution in [0.1, 0.15) is 12.0 Å². The van der Waals surface area contributed by atoms with Crippen molar-refractivity contribution in [1.82, 2.24) is 9.55 Å². The molecule has 11 heteroatoms. The Balaban J connectivity index is 0.000000552. The summed E-state index contributed by atoms with van der Waals surface area (Å²) in [6.45, 7) is 0.924. The number of alkyl halides is 1. The van der Waals surface area contributed by atoms with Gasteiger partial charge in [-0.3, -0.25) is 0 Å². The predicted molar refractivity (Wildman–Crippen MR) is 95.3 cm³/mol. The van der Waals surface area contributed by atoms with E-state index in [4.69, 9.17) is 59.6 Å². The molecule has 1 fully saturated rings. The highest BCUT2D eigenvalue weighted by Gasteiger charge is 2.44. The fraction of sp³-hybridized carbons (Fsp3) is 0.400. The van der Waals surface area contributed by atoms with Crippen molar-refractivity contribution in [2.45, 2.75) is 24.9 Å². The Morgan fingerprint density at radius 2 is 2.19 bits per heavy atom. The third-order valence-corrected chi connectivity index (χ3v) is 4.35. The zero-order valence-electron chi connectivity index (χ0n) is 13.4. The average Bonchev–Trinajstić information content (AvgIpc) is 3.18. The SMILES string of the molecule is ClCC[C@@H]1CO[C@@](Cn2ccnc2)(c2ccc(Cl)cc2Cl)O1.O=[N+]([O-])O. The lowest BCUT2D eigenvalue weighted by atomic mass is 10.1. The minimum Gasteiger partial charge on any atom is -0.342 e. The summed E-state index contributed by atoms with van der Waals surface area (Å²) in [6, 6.07) is 5.31. The van der Waals surface area contributed by atoms with E-state index < -0.39 is 10.9 Å². The third kappa shape index (κ3) is 5.46. The first kappa shape index (κ1) is 20.7. The maximum absolute atomic E-state index is 8.36. The molecule has 2 atom stereocenters. The topological polar surface area (TPSA) is 99.7 Å². The number of hydrogen-bond acceptors (Lipinski definition) is 5. The molecular weight excluding hydrogens is 409 g/mol. The predicted octanol–water partition coefficient (Wildman–Crippen LogP) is 3.74. The highest BCUT2D eigenvalue weighted by molar-refractivity contribution is 6.35. The van der Waals surface area contributed by atoms with Gasteiger partial charge in [-0.05, 0) is 18.6 Å². The molecule has 0 amide bonds. The molecule has 26 heavy (non-hydrogen) atoms. The van der Waals surface area contributed by atoms with Crippen molar-refractivity contribution in [3.05, 3.63) is 62.6 Å². The molecule has 0 spiro atoms. The van der Waals surface area contributed by atoms with Gasteiger partial charge in [0.25, 0.3) is 5.09 Å². The number of benzene rings is 1. The van der Waals surface area contributed by atoms with Gasteiger partial charge in [-0.1, -0.05) is 29.3 Å². The highest BCUT2D eigenvalue weighted by Crippen LogP contribution is 2.41. The summed E-state index contributed by atoms with van der Waals surface area (Å²) in [7, 11) is 0. The molecule has 0 radical (unpaired) electrons. The normalized spacial score (nSPS) is 21.9. The van der Waals surface area contributed by atoms with Crippen molar-refractivity contribution in [1.29, 1.82) is 0 Å². The van der Waals surface area contributed by atoms with E-state index in [1.807, 2.05) is 16.8 Å². The number of aromatic nitrogens is 2. The van der Waals surface area contributed by atoms with Crippen molar-refractivity contribution >= 4 is 34.8 Å². The highest BCUT2D eigenvalue weighted by atomic mass is 35.5. The maximum atomic E-state index is 8.36. The van der Waals surface area contributed by atoms with E-state index in [2.05, 4.69) is 4.98 Å². The maximum Gasteiger partial charge on any atom is 0.291 e. The second-order valence-electron chi connectivity index (χ2n) is 5.38. The Morgan fingerprint density at radius 1 is 1.46 bits per heavy atom. The number of halogens is 3. The second kappa shape index (κ2) is 9.38. The molecule has 2 aromatic rings. The zero-order valence-corrected chi connectivity index (χ0v) is 15.7. The van der Waals surface area contributed by atoms with Gasteiger partial charge in [0, 0.05) is 28.9 Å². The second-order valence-corrected chi connectivity index (χ2v) is 6.60. The molecule has 0 bridgehead atoms. The Morgan fingerprint density at radius 3 is 2.77 bits per heavy atom. The van der Waals surface area contributed by atoms with E-state index in [1.165, 1.54) is 0 Å². The van der Waals surface area contributed by atoms with Crippen LogP contribution in [-0.4, -0.2) is 38.4 Å². The molecule has 1 aliphatic heterocycles. The van der Waals surface area contributed by atoms with Crippen molar-refractivity contribution in [2.75, 3.05) is 12.5 Å². The van der Waals surface area contributed by atoms with Crippen LogP contribution < -0.4 is 0 Å². The van der Waals surface area contributed by atoms with Gasteiger partial charge in [-0.2, -0.15) is 0 Å². The molecule has 1 aromatic carbocycles. The largest absolute Gasteiger partial charge is 0.342 e. The van der Waals surface area contributed by atoms with Gasteiger partial charge in [0.05, 0.1) is 30.6 Å². The minimum atomic E-state index is -1.50. The van der Waals surface area contributed by atoms with E-state index >= 15 is 0 Å². The summed E-state index contributed by atoms with van der Waals surface area (Å²) in [5, 5.41) is 14.7. The van der Waals surface area contributed by atoms with Crippen molar-refractivity contribution < 1.29 is 19.8 Å². The van der Waals surface area contributed by atoms with E-state index in [1.54, 1.807) is 24.7 Å². The summed E-state index contributed by atoms with van der Waals surface area (Å²) in [5.41, 5.74) is 0.754. The van der Waals surface area contributed by atoms with Crippen LogP contribution in [0.2, 0.25) is 10.0 Å². The summed E-state index contributed by atoms with van der Waals surface area (Å²) in [5.74, 6) is -0.442. The molecule has 0 saturated carbocycles. The molecule has 8 nitrogen and oxygen atoms in total. The smallest absolute Gasteiger partial charge is 0.291 e. The fourth-order valence-electron chi connectivity index (χ4n) is 2.56. The first-order valence-electron chi connectivity index (χ1n) is 7.48. The summed E-state index contributed by atoms with van der Waals surface area (Å²) >= 11 is 18.2. The van der Waals surface area contributed by atoms with Gasteiger partial charge in [0.2, 0.25) is 5.79 Å². The van der Waals surface area contributed by atoms with E-state index in [0.717, 1.165) is 12.0 Å². The Bertz CT molecular complexity index is 727. The fourth-order valence-corrected chi connectivity index (χ4v) is 3.35. The number of hydrogen-bond donors (Lipinski definition) is 1. The lowest BCUT2D eigenvalue weighted by Gasteiger charge is -2.30. The van der Waals surface area contributed by atoms with Gasteiger partial charge in [0.15, 0.2) is 0 Å². The van der Waals surface area contributed by atoms with Gasteiger partial charge >= 0.3 is 0 Å². The van der Waals surface area contributed by atoms with Crippen LogP contribution in [0.15, 0.2) is 36.9 Å². The van der Waals surface area contributed by atoms with Crippen LogP contribution in [0, 0.1) is 10.1 Å². The van der Waals surface area contributed by atoms with Crippen LogP contribution in [0.25, 0.3) is 0 Å². The first-order valence-corrected chi connectivity index (χ1v) is 8.77. The van der Waals surface area contributed by atoms with Crippen molar-refractivity contribution in [2.24, 2.45) is 0 Å². The average molecular weight is 425 g/mol. The van der Waals surface area contributed by atoms with E-state index in [-0.39, 0.29) is 6.10 Å². The Labute approximate surface area is 164 Å². The summed E-state index contributed by atoms with van der Waals surface area (Å²) < 4.78 is 14.1. The molecule has 3 rings (SSSR count). The molecule has 142 valence electrons. The third-order valence-electron chi connectivity index (χ3n) is 3.58. The van der Waals surface area contributed by atoms with E-state index in [0.29, 0.717) is 29.1 Å². The van der Waals surface area contributed by atoms with Crippen LogP contribution in [0.3, 0.4) is 0 Å². The standard InChI is InChI=1S/C15H15Cl3N2O2.HNO3/c16-4-3-12-8-21-15(22-12,9-20-6-5-19-10-20)13-2-1-11(17)7-14(13)18;2-1(3)4/h1-2,5-7,10,12H,3-4,8-9H2;(H,2,3,4)/t12-,15-;/m1./s1. The monoisotopic (exact) mass is 423 g/mol. The molecule has 0 unspecified atom stereocenters. The first-order chi connectivity index (χ1) is 12.4. The van der Waals surface area contributed by atoms with Crippen LogP contribution in [0.4, 0.5) is 0 Å². The van der Waals surface area contributed by atoms with E-state index in [9.17, 15) is 0 Å². The lowest BCUT2D eigenvalue weighted by molar-refractivity contribution is -0.742. The van der Waals surface area contributed by atoms with Crippen LogP contribution in [-0.2, 0) is 21.8 Å². The molecule has 1 aromatic heterocycles. The van der Waals surface area contributed by atoms with Gasteiger partial charge in [0.1, 0.15) is 0 Å². The van der Waals surface area contributed by atoms with Gasteiger partial charge in [-0.25, -0.2) is 4.98 Å². The molecule has 1 N–H and O–H groups in total. The molecule has 1 saturated heterocycles. The van der Waals surface area contributed by atoms with Crippen LogP contribution >= 0.6 is 34.8 Å². The lowest BCUT2D eigenvalue weighted by Crippen LogP contribution is -2.33. The number of rotatable bonds is 5. The number of nitrogens with zero attached hydrogens (tertiary/aromatic N) is 3. The number of imidazole rings is 1. The molecule has 1 aliphatic rings. The van der Waals surface area contributed by atoms with Crippen molar-refractivity contribution in [3.8, 4) is 0 Å². The van der Waals surface area contributed by atoms with Crippen molar-refractivity contribution in [3.63, 3.8) is 0 Å². The van der Waals surface area contributed by atoms with Gasteiger partial charge in [-0.15, -0.1) is 21.7 Å². The van der Waals surface area contributed by atoms with Crippen LogP contribution in [0.5, 0.6) is 0 Å². The quantitative estimate of drug-likeness (QED) is 0.446. The minimum absolute atomic E-state index is 0.0623. The van der Waals surface area contributed by atoms with Gasteiger partial charge < -0.3 is 19.2 Å².